The van der Waals surface area contributed by atoms with Crippen LogP contribution in [0.4, 0.5) is 0 Å². The van der Waals surface area contributed by atoms with Gasteiger partial charge in [-0.25, -0.2) is 4.98 Å². The Morgan fingerprint density at radius 1 is 1.33 bits per heavy atom. The number of nitrogens with one attached hydrogen (secondary N) is 1. The molecular weight excluding hydrogens is 228 g/mol. The van der Waals surface area contributed by atoms with Crippen LogP contribution in [0.3, 0.4) is 0 Å². The van der Waals surface area contributed by atoms with Crippen LogP contribution >= 0.6 is 0 Å². The topological polar surface area (TPSA) is 66.0 Å². The number of carboxylic acids is 1. The van der Waals surface area contributed by atoms with Crippen LogP contribution in [0.25, 0.3) is 11.3 Å². The Hall–Kier alpha value is -2.10. The zero-order chi connectivity index (χ0) is 13.0. The van der Waals surface area contributed by atoms with E-state index in [0.29, 0.717) is 5.69 Å². The SMILES string of the molecule is CCCc1ccc(-c2nc[nH]c2CC(=O)O)cc1. The van der Waals surface area contributed by atoms with Gasteiger partial charge in [-0.15, -0.1) is 0 Å². The highest BCUT2D eigenvalue weighted by molar-refractivity contribution is 5.73. The van der Waals surface area contributed by atoms with Crippen molar-refractivity contribution in [3.63, 3.8) is 0 Å². The van der Waals surface area contributed by atoms with Crippen LogP contribution in [0, 0.1) is 0 Å². The van der Waals surface area contributed by atoms with E-state index in [-0.39, 0.29) is 6.42 Å². The molecule has 0 atom stereocenters. The lowest BCUT2D eigenvalue weighted by molar-refractivity contribution is -0.136. The van der Waals surface area contributed by atoms with E-state index in [1.54, 1.807) is 0 Å². The van der Waals surface area contributed by atoms with E-state index in [1.165, 1.54) is 11.9 Å². The van der Waals surface area contributed by atoms with Crippen molar-refractivity contribution in [1.29, 1.82) is 0 Å². The molecule has 0 amide bonds. The first-order chi connectivity index (χ1) is 8.70. The summed E-state index contributed by atoms with van der Waals surface area (Å²) in [7, 11) is 0. The van der Waals surface area contributed by atoms with Crippen LogP contribution in [0.1, 0.15) is 24.6 Å². The number of H-pyrrole nitrogens is 1. The summed E-state index contributed by atoms with van der Waals surface area (Å²) in [6.45, 7) is 2.15. The molecule has 0 fully saturated rings. The van der Waals surface area contributed by atoms with Crippen molar-refractivity contribution in [2.75, 3.05) is 0 Å². The highest BCUT2D eigenvalue weighted by atomic mass is 16.4. The Morgan fingerprint density at radius 3 is 2.67 bits per heavy atom. The van der Waals surface area contributed by atoms with Gasteiger partial charge in [-0.1, -0.05) is 37.6 Å². The summed E-state index contributed by atoms with van der Waals surface area (Å²) in [6, 6.07) is 8.12. The molecule has 2 rings (SSSR count). The summed E-state index contributed by atoms with van der Waals surface area (Å²) in [4.78, 5) is 17.8. The van der Waals surface area contributed by atoms with Gasteiger partial charge in [0.25, 0.3) is 0 Å². The van der Waals surface area contributed by atoms with Crippen molar-refractivity contribution in [3.05, 3.63) is 41.9 Å². The number of nitrogens with zero attached hydrogens (tertiary/aromatic N) is 1. The summed E-state index contributed by atoms with van der Waals surface area (Å²) >= 11 is 0. The van der Waals surface area contributed by atoms with E-state index in [4.69, 9.17) is 5.11 Å². The zero-order valence-electron chi connectivity index (χ0n) is 10.3. The second-order valence-electron chi connectivity index (χ2n) is 4.25. The van der Waals surface area contributed by atoms with Gasteiger partial charge < -0.3 is 10.1 Å². The largest absolute Gasteiger partial charge is 0.481 e. The fourth-order valence-electron chi connectivity index (χ4n) is 1.97. The first-order valence-corrected chi connectivity index (χ1v) is 6.04. The van der Waals surface area contributed by atoms with Gasteiger partial charge in [-0.05, 0) is 12.0 Å². The van der Waals surface area contributed by atoms with Gasteiger partial charge in [-0.2, -0.15) is 0 Å². The smallest absolute Gasteiger partial charge is 0.309 e. The van der Waals surface area contributed by atoms with Crippen molar-refractivity contribution in [3.8, 4) is 11.3 Å². The van der Waals surface area contributed by atoms with E-state index in [9.17, 15) is 4.79 Å². The molecule has 0 radical (unpaired) electrons. The molecule has 4 heteroatoms. The maximum atomic E-state index is 10.7. The average molecular weight is 244 g/mol. The molecule has 0 unspecified atom stereocenters. The van der Waals surface area contributed by atoms with Gasteiger partial charge in [0.1, 0.15) is 0 Å². The number of rotatable bonds is 5. The molecule has 0 spiro atoms. The maximum Gasteiger partial charge on any atom is 0.309 e. The van der Waals surface area contributed by atoms with Gasteiger partial charge in [0.05, 0.1) is 24.1 Å². The third kappa shape index (κ3) is 2.77. The Kier molecular flexibility index (Phi) is 3.77. The van der Waals surface area contributed by atoms with Crippen LogP contribution in [-0.2, 0) is 17.6 Å². The maximum absolute atomic E-state index is 10.7. The quantitative estimate of drug-likeness (QED) is 0.849. The number of aryl methyl sites for hydroxylation is 1. The first kappa shape index (κ1) is 12.4. The molecule has 0 saturated carbocycles. The summed E-state index contributed by atoms with van der Waals surface area (Å²) in [6.07, 6.45) is 3.68. The molecule has 0 aliphatic heterocycles. The van der Waals surface area contributed by atoms with Crippen molar-refractivity contribution < 1.29 is 9.90 Å². The van der Waals surface area contributed by atoms with E-state index in [2.05, 4.69) is 29.0 Å². The van der Waals surface area contributed by atoms with Crippen molar-refractivity contribution in [1.82, 2.24) is 9.97 Å². The number of aliphatic carboxylic acids is 1. The van der Waals surface area contributed by atoms with Gasteiger partial charge >= 0.3 is 5.97 Å². The van der Waals surface area contributed by atoms with Crippen molar-refractivity contribution >= 4 is 5.97 Å². The standard InChI is InChI=1S/C14H16N2O2/c1-2-3-10-4-6-11(7-5-10)14-12(8-13(17)18)15-9-16-14/h4-7,9H,2-3,8H2,1H3,(H,15,16)(H,17,18). The van der Waals surface area contributed by atoms with Crippen LogP contribution in [0.2, 0.25) is 0 Å². The molecule has 0 aliphatic carbocycles. The number of hydrogen-bond donors (Lipinski definition) is 2. The summed E-state index contributed by atoms with van der Waals surface area (Å²) < 4.78 is 0. The molecular formula is C14H16N2O2. The molecule has 2 N–H and O–H groups in total. The highest BCUT2D eigenvalue weighted by Crippen LogP contribution is 2.21. The molecule has 18 heavy (non-hydrogen) atoms. The first-order valence-electron chi connectivity index (χ1n) is 6.04. The van der Waals surface area contributed by atoms with E-state index >= 15 is 0 Å². The minimum atomic E-state index is -0.858. The number of carbonyl (C=O) groups is 1. The second-order valence-corrected chi connectivity index (χ2v) is 4.25. The number of aromatic amines is 1. The van der Waals surface area contributed by atoms with Gasteiger partial charge in [-0.3, -0.25) is 4.79 Å². The fraction of sp³-hybridized carbons (Fsp3) is 0.286. The molecule has 1 aromatic heterocycles. The van der Waals surface area contributed by atoms with Crippen LogP contribution in [0.5, 0.6) is 0 Å². The monoisotopic (exact) mass is 244 g/mol. The van der Waals surface area contributed by atoms with Gasteiger partial charge in [0.15, 0.2) is 0 Å². The molecule has 4 nitrogen and oxygen atoms in total. The average Bonchev–Trinajstić information content (AvgIpc) is 2.78. The number of hydrogen-bond acceptors (Lipinski definition) is 2. The molecule has 0 bridgehead atoms. The second kappa shape index (κ2) is 5.49. The molecule has 94 valence electrons. The van der Waals surface area contributed by atoms with Gasteiger partial charge in [0, 0.05) is 5.56 Å². The summed E-state index contributed by atoms with van der Waals surface area (Å²) in [5.41, 5.74) is 3.61. The molecule has 0 saturated heterocycles. The molecule has 1 heterocycles. The van der Waals surface area contributed by atoms with Crippen LogP contribution < -0.4 is 0 Å². The number of imidazole rings is 1. The van der Waals surface area contributed by atoms with Crippen molar-refractivity contribution in [2.45, 2.75) is 26.2 Å². The Balaban J connectivity index is 2.25. The number of aromatic nitrogens is 2. The molecule has 1 aromatic carbocycles. The molecule has 2 aromatic rings. The Bertz CT molecular complexity index is 529. The van der Waals surface area contributed by atoms with E-state index in [1.807, 2.05) is 12.1 Å². The summed E-state index contributed by atoms with van der Waals surface area (Å²) in [5, 5.41) is 8.82. The Labute approximate surface area is 106 Å². The molecule has 0 aliphatic rings. The van der Waals surface area contributed by atoms with Crippen LogP contribution in [0.15, 0.2) is 30.6 Å². The third-order valence-corrected chi connectivity index (χ3v) is 2.81. The normalized spacial score (nSPS) is 10.5. The predicted octanol–water partition coefficient (Wildman–Crippen LogP) is 2.66. The Morgan fingerprint density at radius 2 is 2.06 bits per heavy atom. The lowest BCUT2D eigenvalue weighted by Gasteiger charge is -2.03. The number of carboxylic acid groups (broad SMARTS) is 1. The van der Waals surface area contributed by atoms with E-state index < -0.39 is 5.97 Å². The fourth-order valence-corrected chi connectivity index (χ4v) is 1.97. The predicted molar refractivity (Wildman–Crippen MR) is 69.4 cm³/mol. The number of benzene rings is 1. The van der Waals surface area contributed by atoms with Crippen molar-refractivity contribution in [2.24, 2.45) is 0 Å². The lowest BCUT2D eigenvalue weighted by atomic mass is 10.0. The van der Waals surface area contributed by atoms with E-state index in [0.717, 1.165) is 24.1 Å². The minimum absolute atomic E-state index is 0.0357. The minimum Gasteiger partial charge on any atom is -0.481 e. The highest BCUT2D eigenvalue weighted by Gasteiger charge is 2.11. The lowest BCUT2D eigenvalue weighted by Crippen LogP contribution is -2.01. The zero-order valence-corrected chi connectivity index (χ0v) is 10.3. The summed E-state index contributed by atoms with van der Waals surface area (Å²) in [5.74, 6) is -0.858. The van der Waals surface area contributed by atoms with Gasteiger partial charge in [0.2, 0.25) is 0 Å². The van der Waals surface area contributed by atoms with Crippen LogP contribution in [-0.4, -0.2) is 21.0 Å². The third-order valence-electron chi connectivity index (χ3n) is 2.81.